The summed E-state index contributed by atoms with van der Waals surface area (Å²) in [5, 5.41) is 8.89. The van der Waals surface area contributed by atoms with Crippen LogP contribution in [0.1, 0.15) is 15.9 Å². The van der Waals surface area contributed by atoms with E-state index in [0.29, 0.717) is 32.5 Å². The van der Waals surface area contributed by atoms with Crippen LogP contribution in [-0.2, 0) is 9.59 Å². The highest BCUT2D eigenvalue weighted by Gasteiger charge is 2.16. The first-order valence-corrected chi connectivity index (χ1v) is 13.6. The third kappa shape index (κ3) is 8.44. The fraction of sp³-hybridized carbons (Fsp3) is 0.0333. The molecular weight excluding hydrogens is 572 g/mol. The van der Waals surface area contributed by atoms with Crippen LogP contribution in [0, 0.1) is 5.82 Å². The van der Waals surface area contributed by atoms with Crippen molar-refractivity contribution in [2.75, 3.05) is 16.4 Å². The molecule has 3 amide bonds. The first-order valence-electron chi connectivity index (χ1n) is 11.9. The molecule has 0 atom stereocenters. The molecule has 0 radical (unpaired) electrons. The lowest BCUT2D eigenvalue weighted by Gasteiger charge is -2.12. The molecule has 3 N–H and O–H groups in total. The Balaban J connectivity index is 1.42. The Morgan fingerprint density at radius 2 is 1.45 bits per heavy atom. The van der Waals surface area contributed by atoms with E-state index in [9.17, 15) is 18.8 Å². The number of carbonyl (C=O) groups is 3. The Hall–Kier alpha value is -4.11. The number of hydrogen-bond acceptors (Lipinski definition) is 4. The van der Waals surface area contributed by atoms with Crippen LogP contribution in [0.3, 0.4) is 0 Å². The van der Waals surface area contributed by atoms with Gasteiger partial charge < -0.3 is 16.0 Å². The molecule has 0 spiro atoms. The Bertz CT molecular complexity index is 1550. The zero-order valence-electron chi connectivity index (χ0n) is 20.8. The summed E-state index contributed by atoms with van der Waals surface area (Å²) in [4.78, 5) is 39.0. The van der Waals surface area contributed by atoms with Gasteiger partial charge in [0.2, 0.25) is 5.91 Å². The average molecular weight is 594 g/mol. The van der Waals surface area contributed by atoms with Crippen molar-refractivity contribution in [1.29, 1.82) is 0 Å². The van der Waals surface area contributed by atoms with Crippen LogP contribution in [0.25, 0.3) is 6.08 Å². The van der Waals surface area contributed by atoms with Gasteiger partial charge in [-0.15, -0.1) is 11.8 Å². The van der Waals surface area contributed by atoms with Crippen molar-refractivity contribution in [3.8, 4) is 0 Å². The van der Waals surface area contributed by atoms with E-state index in [0.717, 1.165) is 4.90 Å². The molecular formula is C30H22Cl2FN3O3S. The average Bonchev–Trinajstić information content (AvgIpc) is 2.95. The van der Waals surface area contributed by atoms with Crippen molar-refractivity contribution in [2.45, 2.75) is 4.90 Å². The van der Waals surface area contributed by atoms with Gasteiger partial charge in [0.05, 0.1) is 5.75 Å². The maximum Gasteiger partial charge on any atom is 0.272 e. The van der Waals surface area contributed by atoms with Crippen molar-refractivity contribution in [2.24, 2.45) is 0 Å². The minimum absolute atomic E-state index is 0.0195. The number of anilines is 2. The lowest BCUT2D eigenvalue weighted by molar-refractivity contribution is -0.114. The molecule has 202 valence electrons. The topological polar surface area (TPSA) is 87.3 Å². The van der Waals surface area contributed by atoms with Crippen LogP contribution in [0.5, 0.6) is 0 Å². The Kier molecular flexibility index (Phi) is 9.96. The van der Waals surface area contributed by atoms with Gasteiger partial charge in [0.25, 0.3) is 11.8 Å². The molecule has 0 saturated heterocycles. The Labute approximate surface area is 244 Å². The van der Waals surface area contributed by atoms with Gasteiger partial charge in [0.1, 0.15) is 11.5 Å². The SMILES string of the molecule is O=C(CSc1ccc(NC(=O)/C(=C/c2ccc(Cl)cc2Cl)NC(=O)c2ccccc2)cc1)Nc1ccc(F)cc1. The molecule has 0 aliphatic heterocycles. The van der Waals surface area contributed by atoms with Gasteiger partial charge in [-0.25, -0.2) is 4.39 Å². The summed E-state index contributed by atoms with van der Waals surface area (Å²) in [7, 11) is 0. The molecule has 0 bridgehead atoms. The maximum absolute atomic E-state index is 13.2. The summed E-state index contributed by atoms with van der Waals surface area (Å²) in [6.45, 7) is 0. The van der Waals surface area contributed by atoms with Gasteiger partial charge in [-0.1, -0.05) is 47.5 Å². The minimum Gasteiger partial charge on any atom is -0.325 e. The van der Waals surface area contributed by atoms with E-state index in [1.54, 1.807) is 72.8 Å². The van der Waals surface area contributed by atoms with Crippen molar-refractivity contribution >= 4 is 70.1 Å². The van der Waals surface area contributed by atoms with Crippen LogP contribution in [0.4, 0.5) is 15.8 Å². The molecule has 6 nitrogen and oxygen atoms in total. The first-order chi connectivity index (χ1) is 19.3. The minimum atomic E-state index is -0.561. The number of rotatable bonds is 9. The first kappa shape index (κ1) is 28.9. The zero-order chi connectivity index (χ0) is 28.5. The third-order valence-electron chi connectivity index (χ3n) is 5.40. The molecule has 0 fully saturated rings. The molecule has 0 aromatic heterocycles. The van der Waals surface area contributed by atoms with E-state index < -0.39 is 11.8 Å². The molecule has 4 aromatic carbocycles. The standard InChI is InChI=1S/C30H22Cl2FN3O3S/c31-21-7-6-20(26(32)17-21)16-27(36-29(38)19-4-2-1-3-5-19)30(39)35-24-12-14-25(15-13-24)40-18-28(37)34-23-10-8-22(33)9-11-23/h1-17H,18H2,(H,34,37)(H,35,39)(H,36,38)/b27-16-. The Morgan fingerprint density at radius 3 is 2.12 bits per heavy atom. The monoisotopic (exact) mass is 593 g/mol. The highest BCUT2D eigenvalue weighted by Crippen LogP contribution is 2.24. The van der Waals surface area contributed by atoms with E-state index in [1.807, 2.05) is 0 Å². The molecule has 4 aromatic rings. The highest BCUT2D eigenvalue weighted by molar-refractivity contribution is 8.00. The van der Waals surface area contributed by atoms with Gasteiger partial charge in [-0.3, -0.25) is 14.4 Å². The lowest BCUT2D eigenvalue weighted by Crippen LogP contribution is -2.30. The van der Waals surface area contributed by atoms with E-state index in [-0.39, 0.29) is 23.2 Å². The van der Waals surface area contributed by atoms with Crippen molar-refractivity contribution < 1.29 is 18.8 Å². The quantitative estimate of drug-likeness (QED) is 0.141. The van der Waals surface area contributed by atoms with Crippen LogP contribution in [-0.4, -0.2) is 23.5 Å². The van der Waals surface area contributed by atoms with E-state index >= 15 is 0 Å². The van der Waals surface area contributed by atoms with Crippen molar-refractivity contribution in [1.82, 2.24) is 5.32 Å². The van der Waals surface area contributed by atoms with Crippen molar-refractivity contribution in [3.63, 3.8) is 0 Å². The fourth-order valence-corrected chi connectivity index (χ4v) is 4.59. The van der Waals surface area contributed by atoms with Crippen molar-refractivity contribution in [3.05, 3.63) is 130 Å². The number of benzene rings is 4. The van der Waals surface area contributed by atoms with E-state index in [2.05, 4.69) is 16.0 Å². The number of thioether (sulfide) groups is 1. The number of carbonyl (C=O) groups excluding carboxylic acids is 3. The zero-order valence-corrected chi connectivity index (χ0v) is 23.1. The normalized spacial score (nSPS) is 11.0. The summed E-state index contributed by atoms with van der Waals surface area (Å²) < 4.78 is 13.0. The van der Waals surface area contributed by atoms with Crippen LogP contribution >= 0.6 is 35.0 Å². The molecule has 0 aliphatic carbocycles. The Morgan fingerprint density at radius 1 is 0.800 bits per heavy atom. The molecule has 10 heteroatoms. The van der Waals surface area contributed by atoms with Gasteiger partial charge in [0, 0.05) is 31.9 Å². The van der Waals surface area contributed by atoms with Crippen LogP contribution in [0.15, 0.2) is 108 Å². The largest absolute Gasteiger partial charge is 0.325 e. The number of hydrogen-bond donors (Lipinski definition) is 3. The molecule has 40 heavy (non-hydrogen) atoms. The van der Waals surface area contributed by atoms with E-state index in [4.69, 9.17) is 23.2 Å². The fourth-order valence-electron chi connectivity index (χ4n) is 3.43. The summed E-state index contributed by atoms with van der Waals surface area (Å²) in [5.41, 5.74) is 1.85. The van der Waals surface area contributed by atoms with Gasteiger partial charge in [-0.2, -0.15) is 0 Å². The number of amides is 3. The molecule has 0 saturated carbocycles. The summed E-state index contributed by atoms with van der Waals surface area (Å²) in [6.07, 6.45) is 1.47. The maximum atomic E-state index is 13.2. The second-order valence-electron chi connectivity index (χ2n) is 8.37. The predicted molar refractivity (Wildman–Crippen MR) is 159 cm³/mol. The van der Waals surface area contributed by atoms with Gasteiger partial charge >= 0.3 is 0 Å². The molecule has 0 aliphatic rings. The second kappa shape index (κ2) is 13.8. The third-order valence-corrected chi connectivity index (χ3v) is 6.98. The molecule has 0 heterocycles. The summed E-state index contributed by atoms with van der Waals surface area (Å²) in [5.74, 6) is -1.50. The van der Waals surface area contributed by atoms with E-state index in [1.165, 1.54) is 42.1 Å². The van der Waals surface area contributed by atoms with Gasteiger partial charge in [-0.05, 0) is 84.4 Å². The number of nitrogens with one attached hydrogen (secondary N) is 3. The van der Waals surface area contributed by atoms with Gasteiger partial charge in [0.15, 0.2) is 0 Å². The van der Waals surface area contributed by atoms with Crippen LogP contribution < -0.4 is 16.0 Å². The predicted octanol–water partition coefficient (Wildman–Crippen LogP) is 7.27. The highest BCUT2D eigenvalue weighted by atomic mass is 35.5. The molecule has 0 unspecified atom stereocenters. The molecule has 4 rings (SSSR count). The summed E-state index contributed by atoms with van der Waals surface area (Å²) >= 11 is 13.6. The van der Waals surface area contributed by atoms with Crippen LogP contribution in [0.2, 0.25) is 10.0 Å². The smallest absolute Gasteiger partial charge is 0.272 e. The summed E-state index contributed by atoms with van der Waals surface area (Å²) in [6, 6.07) is 25.7. The lowest BCUT2D eigenvalue weighted by atomic mass is 10.1. The second-order valence-corrected chi connectivity index (χ2v) is 10.3. The number of halogens is 3.